The second-order valence-corrected chi connectivity index (χ2v) is 0. The van der Waals surface area contributed by atoms with E-state index >= 15 is 0 Å². The molecule has 0 amide bonds. The van der Waals surface area contributed by atoms with E-state index in [0.29, 0.717) is 0 Å². The van der Waals surface area contributed by atoms with Gasteiger partial charge in [0.25, 0.3) is 0 Å². The Hall–Kier alpha value is 5.60. The van der Waals surface area contributed by atoms with Gasteiger partial charge in [-0.3, -0.25) is 0 Å². The van der Waals surface area contributed by atoms with Gasteiger partial charge in [-0.15, -0.1) is 0 Å². The van der Waals surface area contributed by atoms with Gasteiger partial charge in [0.05, 0.1) is 0 Å². The molecule has 0 unspecified atom stereocenters. The molecule has 0 nitrogen and oxygen atoms in total. The third-order valence-electron chi connectivity index (χ3n) is 0. The summed E-state index contributed by atoms with van der Waals surface area (Å²) in [7, 11) is 0. The van der Waals surface area contributed by atoms with Gasteiger partial charge in [-0.25, -0.2) is 0 Å². The van der Waals surface area contributed by atoms with Crippen molar-refractivity contribution in [1.29, 1.82) is 0 Å². The first-order valence-electron chi connectivity index (χ1n) is 0. The van der Waals surface area contributed by atoms with Crippen LogP contribution in [0.4, 0.5) is 0 Å². The Labute approximate surface area is 171 Å². The molecule has 0 aliphatic carbocycles. The van der Waals surface area contributed by atoms with Crippen molar-refractivity contribution in [2.45, 2.75) is 0 Å². The van der Waals surface area contributed by atoms with Gasteiger partial charge in [0.2, 0.25) is 0 Å². The largest absolute Gasteiger partial charge is 4.00 e. The minimum atomic E-state index is 0. The molecule has 0 rings (SSSR count). The number of hydrogen-bond acceptors (Lipinski definition) is 0. The van der Waals surface area contributed by atoms with Gasteiger partial charge in [0, 0.05) is 69.4 Å². The monoisotopic (exact) mass is 892 g/mol. The van der Waals surface area contributed by atoms with Crippen LogP contribution in [0.15, 0.2) is 0 Å². The predicted molar refractivity (Wildman–Crippen MR) is 23.0 cm³/mol. The molecule has 0 aliphatic heterocycles. The molecule has 0 bridgehead atoms. The van der Waals surface area contributed by atoms with Crippen molar-refractivity contribution in [3.63, 3.8) is 0 Å². The van der Waals surface area contributed by atoms with Crippen molar-refractivity contribution in [1.82, 2.24) is 0 Å². The molecule has 0 heterocycles. The van der Waals surface area contributed by atoms with Crippen LogP contribution in [-0.2, 0) is 106 Å². The molecule has 0 saturated carbocycles. The minimum Gasteiger partial charge on any atom is -1.00 e. The summed E-state index contributed by atoms with van der Waals surface area (Å²) in [4.78, 5) is 0. The second kappa shape index (κ2) is 68.9. The summed E-state index contributed by atoms with van der Waals surface area (Å²) < 4.78 is 0. The Morgan fingerprint density at radius 2 is 0.333 bits per heavy atom. The van der Waals surface area contributed by atoms with Gasteiger partial charge in [0.15, 0.2) is 0 Å². The van der Waals surface area contributed by atoms with Crippen LogP contribution < -0.4 is 0 Å². The molecule has 9 heteroatoms. The first kappa shape index (κ1) is 86.1. The third-order valence-corrected chi connectivity index (χ3v) is 0. The first-order chi connectivity index (χ1) is 0. The summed E-state index contributed by atoms with van der Waals surface area (Å²) in [5.41, 5.74) is 0. The van der Waals surface area contributed by atoms with E-state index in [0.717, 1.165) is 0 Å². The van der Waals surface area contributed by atoms with Crippen LogP contribution in [0.1, 0.15) is 0 Å². The topological polar surface area (TPSA) is 0 Å². The zero-order valence-electron chi connectivity index (χ0n) is 4.44. The molecule has 0 aromatic rings. The normalized spacial score (nSPS) is 0. The van der Waals surface area contributed by atoms with Crippen molar-refractivity contribution < 1.29 is 106 Å². The molecule has 0 fully saturated rings. The number of rotatable bonds is 0. The van der Waals surface area contributed by atoms with Crippen molar-refractivity contribution in [3.8, 4) is 0 Å². The summed E-state index contributed by atoms with van der Waals surface area (Å²) in [5, 5.41) is 0. The third kappa shape index (κ3) is 58.4. The van der Waals surface area contributed by atoms with Crippen molar-refractivity contribution in [2.24, 2.45) is 0 Å². The second-order valence-electron chi connectivity index (χ2n) is 0. The molecule has 16 radical (unpaired) electrons. The van der Waals surface area contributed by atoms with E-state index in [1.165, 1.54) is 0 Å². The average molecular weight is 891 g/mol. The molecule has 0 atom stereocenters. The van der Waals surface area contributed by atoms with Crippen LogP contribution >= 0.6 is 0 Å². The standard InChI is InChI=1S/4Al.Ti.4W/q;;;;+4;4*-1. The first-order valence-corrected chi connectivity index (χ1v) is 0. The molecular formula is Al4TiW4. The summed E-state index contributed by atoms with van der Waals surface area (Å²) in [5.74, 6) is 0. The van der Waals surface area contributed by atoms with E-state index in [2.05, 4.69) is 0 Å². The van der Waals surface area contributed by atoms with E-state index in [-0.39, 0.29) is 175 Å². The molecule has 0 aromatic carbocycles. The smallest absolute Gasteiger partial charge is 1.00 e. The zero-order valence-corrected chi connectivity index (χ0v) is 22.4. The zero-order chi connectivity index (χ0) is 0. The Bertz CT molecular complexity index is 12.5. The maximum Gasteiger partial charge on any atom is 4.00 e. The molecule has 0 aliphatic rings. The molecule has 0 saturated heterocycles. The Morgan fingerprint density at radius 3 is 0.333 bits per heavy atom. The number of hydrogen-bond donors (Lipinski definition) is 0. The SMILES string of the molecule is [Al].[Al].[Al].[Al].[Ti+4].[W-].[W-].[W-].[W-]. The summed E-state index contributed by atoms with van der Waals surface area (Å²) in [6, 6.07) is 0. The predicted octanol–water partition coefficient (Wildman–Crippen LogP) is -1.54. The van der Waals surface area contributed by atoms with E-state index in [9.17, 15) is 0 Å². The fourth-order valence-corrected chi connectivity index (χ4v) is 0. The summed E-state index contributed by atoms with van der Waals surface area (Å²) in [6.07, 6.45) is 0. The fraction of sp³-hybridized carbons (Fsp3) is 0. The van der Waals surface area contributed by atoms with Gasteiger partial charge in [-0.05, 0) is 0 Å². The van der Waals surface area contributed by atoms with Crippen LogP contribution in [-0.4, -0.2) is 69.4 Å². The quantitative estimate of drug-likeness (QED) is 0.260. The molecule has 40 valence electrons. The van der Waals surface area contributed by atoms with Gasteiger partial charge >= 0.3 is 21.7 Å². The molecule has 9 heavy (non-hydrogen) atoms. The summed E-state index contributed by atoms with van der Waals surface area (Å²) in [6.45, 7) is 0. The molecule has 0 N–H and O–H groups in total. The van der Waals surface area contributed by atoms with Gasteiger partial charge in [-0.1, -0.05) is 0 Å². The van der Waals surface area contributed by atoms with Crippen molar-refractivity contribution in [3.05, 3.63) is 0 Å². The molecule has 0 spiro atoms. The Kier molecular flexibility index (Phi) is 659. The van der Waals surface area contributed by atoms with Gasteiger partial charge in [0.1, 0.15) is 0 Å². The van der Waals surface area contributed by atoms with E-state index in [1.807, 2.05) is 0 Å². The average Bonchev–Trinajstić information content (AvgIpc) is 0. The van der Waals surface area contributed by atoms with Gasteiger partial charge in [-0.2, -0.15) is 0 Å². The van der Waals surface area contributed by atoms with Crippen LogP contribution in [0.2, 0.25) is 0 Å². The van der Waals surface area contributed by atoms with Crippen molar-refractivity contribution in [2.75, 3.05) is 0 Å². The summed E-state index contributed by atoms with van der Waals surface area (Å²) >= 11 is 0. The maximum absolute atomic E-state index is 0. The van der Waals surface area contributed by atoms with Crippen LogP contribution in [0, 0.1) is 0 Å². The van der Waals surface area contributed by atoms with Crippen LogP contribution in [0.5, 0.6) is 0 Å². The van der Waals surface area contributed by atoms with E-state index in [4.69, 9.17) is 0 Å². The Morgan fingerprint density at radius 1 is 0.333 bits per heavy atom. The van der Waals surface area contributed by atoms with Crippen LogP contribution in [0.3, 0.4) is 0 Å². The molecular weight excluding hydrogens is 891 g/mol. The Balaban J connectivity index is 0. The maximum atomic E-state index is 0. The fourth-order valence-electron chi connectivity index (χ4n) is 0. The molecule has 0 aromatic heterocycles. The van der Waals surface area contributed by atoms with E-state index < -0.39 is 0 Å². The van der Waals surface area contributed by atoms with Gasteiger partial charge < -0.3 is 84.3 Å². The minimum absolute atomic E-state index is 0. The van der Waals surface area contributed by atoms with Crippen molar-refractivity contribution >= 4 is 69.4 Å². The van der Waals surface area contributed by atoms with Crippen LogP contribution in [0.25, 0.3) is 0 Å². The van der Waals surface area contributed by atoms with E-state index in [1.54, 1.807) is 0 Å².